The second-order valence-electron chi connectivity index (χ2n) is 2.07. The van der Waals surface area contributed by atoms with Crippen LogP contribution in [0.3, 0.4) is 0 Å². The predicted octanol–water partition coefficient (Wildman–Crippen LogP) is 2.37. The molecule has 0 aliphatic rings. The van der Waals surface area contributed by atoms with Crippen LogP contribution in [0.2, 0.25) is 0 Å². The van der Waals surface area contributed by atoms with Gasteiger partial charge in [-0.1, -0.05) is 0 Å². The van der Waals surface area contributed by atoms with E-state index in [1.54, 1.807) is 5.38 Å². The van der Waals surface area contributed by atoms with Crippen LogP contribution in [0.15, 0.2) is 11.4 Å². The Labute approximate surface area is 94.0 Å². The van der Waals surface area contributed by atoms with Crippen molar-refractivity contribution in [2.45, 2.75) is 6.92 Å². The van der Waals surface area contributed by atoms with E-state index in [1.165, 1.54) is 24.3 Å². The van der Waals surface area contributed by atoms with Crippen LogP contribution < -0.4 is 0 Å². The van der Waals surface area contributed by atoms with Gasteiger partial charge in [-0.05, 0) is 11.4 Å². The lowest BCUT2D eigenvalue weighted by Gasteiger charge is -1.86. The van der Waals surface area contributed by atoms with E-state index in [2.05, 4.69) is 21.4 Å². The van der Waals surface area contributed by atoms with Crippen molar-refractivity contribution in [1.29, 1.82) is 0 Å². The smallest absolute Gasteiger partial charge is 0.317 e. The van der Waals surface area contributed by atoms with Crippen LogP contribution in [0.25, 0.3) is 0 Å². The predicted molar refractivity (Wildman–Crippen MR) is 56.6 cm³/mol. The standard InChI is InChI=1S/C6H6O2S.Cl2O2S/c1-4(7)6-5(8)2-3-9-6;1-5(2,3)4/h2-3,8H,1H3;. The van der Waals surface area contributed by atoms with Crippen molar-refractivity contribution in [2.24, 2.45) is 0 Å². The molecule has 0 aromatic carbocycles. The lowest BCUT2D eigenvalue weighted by molar-refractivity contribution is 0.101. The Kier molecular flexibility index (Phi) is 5.43. The molecule has 0 fully saturated rings. The van der Waals surface area contributed by atoms with E-state index in [-0.39, 0.29) is 11.5 Å². The third kappa shape index (κ3) is 7.14. The zero-order chi connectivity index (χ0) is 11.4. The summed E-state index contributed by atoms with van der Waals surface area (Å²) in [7, 11) is 4.81. The van der Waals surface area contributed by atoms with Crippen molar-refractivity contribution in [2.75, 3.05) is 0 Å². The molecule has 0 atom stereocenters. The number of halogens is 2. The molecule has 8 heteroatoms. The van der Waals surface area contributed by atoms with Gasteiger partial charge in [0, 0.05) is 28.3 Å². The normalized spacial score (nSPS) is 10.2. The summed E-state index contributed by atoms with van der Waals surface area (Å²) in [6.07, 6.45) is 0. The Morgan fingerprint density at radius 2 is 1.93 bits per heavy atom. The minimum atomic E-state index is -3.72. The Balaban J connectivity index is 0.000000292. The van der Waals surface area contributed by atoms with Crippen LogP contribution in [0.1, 0.15) is 16.6 Å². The molecule has 0 radical (unpaired) electrons. The molecule has 0 amide bonds. The highest BCUT2D eigenvalue weighted by Gasteiger charge is 2.05. The molecule has 1 aromatic rings. The van der Waals surface area contributed by atoms with E-state index in [1.807, 2.05) is 0 Å². The monoisotopic (exact) mass is 276 g/mol. The Morgan fingerprint density at radius 1 is 1.50 bits per heavy atom. The summed E-state index contributed by atoms with van der Waals surface area (Å²) in [5.74, 6) is 0.00926. The number of hydrogen-bond donors (Lipinski definition) is 1. The molecular formula is C6H6Cl2O4S2. The van der Waals surface area contributed by atoms with E-state index >= 15 is 0 Å². The first-order chi connectivity index (χ1) is 6.22. The van der Waals surface area contributed by atoms with Crippen LogP contribution in [0.4, 0.5) is 0 Å². The van der Waals surface area contributed by atoms with Crippen LogP contribution in [0.5, 0.6) is 5.75 Å². The maximum atomic E-state index is 10.6. The van der Waals surface area contributed by atoms with Gasteiger partial charge in [-0.3, -0.25) is 4.79 Å². The number of carbonyl (C=O) groups is 1. The summed E-state index contributed by atoms with van der Waals surface area (Å²) in [4.78, 5) is 11.0. The highest BCUT2D eigenvalue weighted by atomic mass is 36.0. The molecule has 1 N–H and O–H groups in total. The van der Waals surface area contributed by atoms with E-state index in [0.717, 1.165) is 0 Å². The highest BCUT2D eigenvalue weighted by molar-refractivity contribution is 8.31. The molecule has 0 spiro atoms. The number of aromatic hydroxyl groups is 1. The van der Waals surface area contributed by atoms with Crippen LogP contribution >= 0.6 is 32.7 Å². The van der Waals surface area contributed by atoms with E-state index in [4.69, 9.17) is 13.5 Å². The zero-order valence-electron chi connectivity index (χ0n) is 6.90. The van der Waals surface area contributed by atoms with Gasteiger partial charge in [0.25, 0.3) is 0 Å². The second kappa shape index (κ2) is 5.55. The lowest BCUT2D eigenvalue weighted by atomic mass is 10.3. The first-order valence-corrected chi connectivity index (χ1v) is 7.15. The number of carbonyl (C=O) groups excluding carboxylic acids is 1. The topological polar surface area (TPSA) is 71.4 Å². The summed E-state index contributed by atoms with van der Waals surface area (Å²) in [6.45, 7) is 1.44. The molecule has 80 valence electrons. The van der Waals surface area contributed by atoms with Gasteiger partial charge in [0.05, 0.1) is 0 Å². The minimum absolute atomic E-state index is 0.0810. The third-order valence-electron chi connectivity index (χ3n) is 0.964. The Morgan fingerprint density at radius 3 is 2.07 bits per heavy atom. The van der Waals surface area contributed by atoms with Gasteiger partial charge < -0.3 is 5.11 Å². The van der Waals surface area contributed by atoms with Gasteiger partial charge in [0.15, 0.2) is 5.78 Å². The van der Waals surface area contributed by atoms with Gasteiger partial charge in [-0.2, -0.15) is 8.42 Å². The van der Waals surface area contributed by atoms with E-state index in [0.29, 0.717) is 4.88 Å². The largest absolute Gasteiger partial charge is 0.506 e. The molecule has 1 rings (SSSR count). The Hall–Kier alpha value is -0.300. The summed E-state index contributed by atoms with van der Waals surface area (Å²) < 4.78 is 18.3. The number of thiophene rings is 1. The van der Waals surface area contributed by atoms with Crippen molar-refractivity contribution in [3.63, 3.8) is 0 Å². The van der Waals surface area contributed by atoms with Gasteiger partial charge in [0.2, 0.25) is 0 Å². The molecule has 1 heterocycles. The maximum Gasteiger partial charge on any atom is 0.317 e. The highest BCUT2D eigenvalue weighted by Crippen LogP contribution is 2.22. The molecule has 1 aromatic heterocycles. The molecule has 4 nitrogen and oxygen atoms in total. The molecule has 0 aliphatic carbocycles. The van der Waals surface area contributed by atoms with Crippen LogP contribution in [0, 0.1) is 0 Å². The van der Waals surface area contributed by atoms with Gasteiger partial charge in [0.1, 0.15) is 10.6 Å². The Bertz CT molecular complexity index is 401. The lowest BCUT2D eigenvalue weighted by Crippen LogP contribution is -1.84. The summed E-state index contributed by atoms with van der Waals surface area (Å²) in [5, 5.41) is 10.6. The van der Waals surface area contributed by atoms with Crippen molar-refractivity contribution in [3.05, 3.63) is 16.3 Å². The molecule has 0 saturated carbocycles. The second-order valence-corrected chi connectivity index (χ2v) is 6.65. The fourth-order valence-corrected chi connectivity index (χ4v) is 1.25. The maximum absolute atomic E-state index is 10.6. The summed E-state index contributed by atoms with van der Waals surface area (Å²) in [5.41, 5.74) is 0. The van der Waals surface area contributed by atoms with Gasteiger partial charge in [-0.15, -0.1) is 11.3 Å². The number of Topliss-reactive ketones (excluding diaryl/α,β-unsaturated/α-hetero) is 1. The van der Waals surface area contributed by atoms with Crippen LogP contribution in [-0.4, -0.2) is 19.3 Å². The average Bonchev–Trinajstić information content (AvgIpc) is 2.30. The number of hydrogen-bond acceptors (Lipinski definition) is 5. The summed E-state index contributed by atoms with van der Waals surface area (Å²) in [6, 6.07) is 1.52. The molecule has 0 aliphatic heterocycles. The van der Waals surface area contributed by atoms with E-state index < -0.39 is 8.26 Å². The first kappa shape index (κ1) is 13.7. The third-order valence-corrected chi connectivity index (χ3v) is 1.97. The van der Waals surface area contributed by atoms with Crippen molar-refractivity contribution in [1.82, 2.24) is 0 Å². The fraction of sp³-hybridized carbons (Fsp3) is 0.167. The van der Waals surface area contributed by atoms with E-state index in [9.17, 15) is 4.79 Å². The molecule has 0 bridgehead atoms. The molecule has 0 unspecified atom stereocenters. The van der Waals surface area contributed by atoms with Gasteiger partial charge in [-0.25, -0.2) is 0 Å². The van der Waals surface area contributed by atoms with Crippen LogP contribution in [-0.2, 0) is 8.26 Å². The van der Waals surface area contributed by atoms with Crippen molar-refractivity contribution >= 4 is 46.7 Å². The van der Waals surface area contributed by atoms with Crippen molar-refractivity contribution in [3.8, 4) is 5.75 Å². The average molecular weight is 277 g/mol. The molecule has 14 heavy (non-hydrogen) atoms. The number of ketones is 1. The molecular weight excluding hydrogens is 271 g/mol. The van der Waals surface area contributed by atoms with Crippen molar-refractivity contribution < 1.29 is 18.3 Å². The fourth-order valence-electron chi connectivity index (χ4n) is 0.566. The minimum Gasteiger partial charge on any atom is -0.506 e. The summed E-state index contributed by atoms with van der Waals surface area (Å²) >= 11 is 1.26. The SMILES string of the molecule is CC(=O)c1sccc1O.O=S(=O)(Cl)Cl. The molecule has 0 saturated heterocycles. The van der Waals surface area contributed by atoms with Gasteiger partial charge >= 0.3 is 8.26 Å². The first-order valence-electron chi connectivity index (χ1n) is 3.13. The number of rotatable bonds is 1. The zero-order valence-corrected chi connectivity index (χ0v) is 10.0. The quantitative estimate of drug-likeness (QED) is 0.632.